The third-order valence-corrected chi connectivity index (χ3v) is 2.36. The van der Waals surface area contributed by atoms with E-state index in [1.165, 1.54) is 6.07 Å². The zero-order chi connectivity index (χ0) is 10.8. The zero-order valence-corrected chi connectivity index (χ0v) is 8.45. The van der Waals surface area contributed by atoms with Crippen molar-refractivity contribution in [3.63, 3.8) is 0 Å². The number of carboxylic acid groups (broad SMARTS) is 1. The van der Waals surface area contributed by atoms with Gasteiger partial charge < -0.3 is 5.11 Å². The summed E-state index contributed by atoms with van der Waals surface area (Å²) in [5.41, 5.74) is 2.09. The molecule has 0 aliphatic heterocycles. The predicted octanol–water partition coefficient (Wildman–Crippen LogP) is 1.44. The third-order valence-electron chi connectivity index (χ3n) is 2.17. The van der Waals surface area contributed by atoms with Gasteiger partial charge in [0.2, 0.25) is 0 Å². The number of aromatic carboxylic acids is 1. The van der Waals surface area contributed by atoms with Crippen LogP contribution in [0.5, 0.6) is 0 Å². The molecule has 78 valence electrons. The first-order valence-electron chi connectivity index (χ1n) is 4.35. The molecule has 2 aromatic rings. The number of halogens is 1. The number of nitrogens with one attached hydrogen (secondary N) is 1. The van der Waals surface area contributed by atoms with Crippen molar-refractivity contribution in [2.24, 2.45) is 0 Å². The zero-order valence-electron chi connectivity index (χ0n) is 7.70. The molecule has 0 fully saturated rings. The summed E-state index contributed by atoms with van der Waals surface area (Å²) in [5.74, 6) is -0.619. The number of carboxylic acids is 1. The number of alkyl halides is 1. The van der Waals surface area contributed by atoms with Crippen molar-refractivity contribution in [3.05, 3.63) is 23.3 Å². The molecule has 1 heterocycles. The smallest absolute Gasteiger partial charge is 0.336 e. The van der Waals surface area contributed by atoms with E-state index in [0.29, 0.717) is 28.9 Å². The second-order valence-corrected chi connectivity index (χ2v) is 3.41. The maximum atomic E-state index is 11.0. The van der Waals surface area contributed by atoms with Gasteiger partial charge in [-0.15, -0.1) is 11.6 Å². The minimum Gasteiger partial charge on any atom is -0.478 e. The van der Waals surface area contributed by atoms with Crippen LogP contribution < -0.4 is 0 Å². The fourth-order valence-corrected chi connectivity index (χ4v) is 1.70. The quantitative estimate of drug-likeness (QED) is 0.775. The fourth-order valence-electron chi connectivity index (χ4n) is 1.52. The van der Waals surface area contributed by atoms with Crippen molar-refractivity contribution in [3.8, 4) is 0 Å². The van der Waals surface area contributed by atoms with Gasteiger partial charge in [0.15, 0.2) is 0 Å². The summed E-state index contributed by atoms with van der Waals surface area (Å²) >= 11 is 5.63. The fraction of sp³-hybridized carbons (Fsp3) is 0.222. The van der Waals surface area contributed by atoms with Crippen LogP contribution in [0.15, 0.2) is 12.1 Å². The lowest BCUT2D eigenvalue weighted by molar-refractivity contribution is 0.0696. The van der Waals surface area contributed by atoms with Crippen LogP contribution in [-0.4, -0.2) is 32.4 Å². The summed E-state index contributed by atoms with van der Waals surface area (Å²) in [6.07, 6.45) is 0.465. The SMILES string of the molecule is O=C(O)c1ccc2n[nH]nc2c1CCCl. The van der Waals surface area contributed by atoms with Gasteiger partial charge in [0, 0.05) is 5.88 Å². The lowest BCUT2D eigenvalue weighted by Crippen LogP contribution is -2.04. The Hall–Kier alpha value is -1.62. The molecule has 2 N–H and O–H groups in total. The number of benzene rings is 1. The monoisotopic (exact) mass is 225 g/mol. The number of aromatic amines is 1. The highest BCUT2D eigenvalue weighted by atomic mass is 35.5. The number of hydrogen-bond acceptors (Lipinski definition) is 3. The Kier molecular flexibility index (Phi) is 2.55. The lowest BCUT2D eigenvalue weighted by atomic mass is 10.0. The first-order valence-corrected chi connectivity index (χ1v) is 4.89. The highest BCUT2D eigenvalue weighted by Gasteiger charge is 2.14. The van der Waals surface area contributed by atoms with E-state index in [-0.39, 0.29) is 5.56 Å². The minimum absolute atomic E-state index is 0.233. The van der Waals surface area contributed by atoms with E-state index < -0.39 is 5.97 Å². The second-order valence-electron chi connectivity index (χ2n) is 3.03. The average Bonchev–Trinajstić information content (AvgIpc) is 2.66. The van der Waals surface area contributed by atoms with Crippen LogP contribution in [0.1, 0.15) is 15.9 Å². The highest BCUT2D eigenvalue weighted by Crippen LogP contribution is 2.19. The summed E-state index contributed by atoms with van der Waals surface area (Å²) in [7, 11) is 0. The number of aromatic nitrogens is 3. The van der Waals surface area contributed by atoms with Crippen LogP contribution in [0.3, 0.4) is 0 Å². The Bertz CT molecular complexity index is 509. The number of fused-ring (bicyclic) bond motifs is 1. The molecule has 0 saturated heterocycles. The molecule has 0 aliphatic rings. The number of carbonyl (C=O) groups is 1. The number of nitrogens with zero attached hydrogens (tertiary/aromatic N) is 2. The molecule has 15 heavy (non-hydrogen) atoms. The largest absolute Gasteiger partial charge is 0.478 e. The van der Waals surface area contributed by atoms with Gasteiger partial charge in [-0.3, -0.25) is 0 Å². The maximum absolute atomic E-state index is 11.0. The van der Waals surface area contributed by atoms with Gasteiger partial charge in [-0.1, -0.05) is 0 Å². The van der Waals surface area contributed by atoms with E-state index in [1.807, 2.05) is 0 Å². The van der Waals surface area contributed by atoms with Crippen LogP contribution in [0.25, 0.3) is 11.0 Å². The van der Waals surface area contributed by atoms with Crippen molar-refractivity contribution in [2.45, 2.75) is 6.42 Å². The predicted molar refractivity (Wildman–Crippen MR) is 55.3 cm³/mol. The summed E-state index contributed by atoms with van der Waals surface area (Å²) in [6.45, 7) is 0. The van der Waals surface area contributed by atoms with Crippen LogP contribution in [0, 0.1) is 0 Å². The molecule has 0 radical (unpaired) electrons. The van der Waals surface area contributed by atoms with E-state index in [1.54, 1.807) is 6.07 Å². The van der Waals surface area contributed by atoms with Gasteiger partial charge >= 0.3 is 5.97 Å². The van der Waals surface area contributed by atoms with Crippen LogP contribution in [0.4, 0.5) is 0 Å². The van der Waals surface area contributed by atoms with Gasteiger partial charge in [0.1, 0.15) is 11.0 Å². The van der Waals surface area contributed by atoms with Gasteiger partial charge in [-0.2, -0.15) is 15.4 Å². The third kappa shape index (κ3) is 1.66. The molecule has 1 aromatic carbocycles. The van der Waals surface area contributed by atoms with Crippen LogP contribution in [-0.2, 0) is 6.42 Å². The number of H-pyrrole nitrogens is 1. The average molecular weight is 226 g/mol. The first-order chi connectivity index (χ1) is 7.24. The molecular formula is C9H8ClN3O2. The molecule has 0 amide bonds. The summed E-state index contributed by atoms with van der Waals surface area (Å²) in [6, 6.07) is 3.15. The van der Waals surface area contributed by atoms with E-state index in [2.05, 4.69) is 15.4 Å². The standard InChI is InChI=1S/C9H8ClN3O2/c10-4-3-5-6(9(14)15)1-2-7-8(5)12-13-11-7/h1-2H,3-4H2,(H,14,15)(H,11,12,13). The molecular weight excluding hydrogens is 218 g/mol. The van der Waals surface area contributed by atoms with Crippen molar-refractivity contribution < 1.29 is 9.90 Å². The van der Waals surface area contributed by atoms with Crippen LogP contribution >= 0.6 is 11.6 Å². The molecule has 2 rings (SSSR count). The second kappa shape index (κ2) is 3.86. The van der Waals surface area contributed by atoms with Gasteiger partial charge in [-0.25, -0.2) is 4.79 Å². The molecule has 0 aliphatic carbocycles. The molecule has 0 atom stereocenters. The van der Waals surface area contributed by atoms with Gasteiger partial charge in [-0.05, 0) is 24.1 Å². The first kappa shape index (κ1) is 9.92. The van der Waals surface area contributed by atoms with E-state index in [9.17, 15) is 4.79 Å². The van der Waals surface area contributed by atoms with Gasteiger partial charge in [0.05, 0.1) is 5.56 Å². The maximum Gasteiger partial charge on any atom is 0.336 e. The lowest BCUT2D eigenvalue weighted by Gasteiger charge is -2.03. The summed E-state index contributed by atoms with van der Waals surface area (Å²) in [5, 5.41) is 19.3. The number of rotatable bonds is 3. The summed E-state index contributed by atoms with van der Waals surface area (Å²) < 4.78 is 0. The Balaban J connectivity index is 2.69. The highest BCUT2D eigenvalue weighted by molar-refractivity contribution is 6.18. The van der Waals surface area contributed by atoms with Gasteiger partial charge in [0.25, 0.3) is 0 Å². The molecule has 0 bridgehead atoms. The van der Waals surface area contributed by atoms with Crippen molar-refractivity contribution in [1.82, 2.24) is 15.4 Å². The van der Waals surface area contributed by atoms with E-state index in [0.717, 1.165) is 0 Å². The van der Waals surface area contributed by atoms with E-state index >= 15 is 0 Å². The normalized spacial score (nSPS) is 10.7. The Morgan fingerprint density at radius 2 is 2.27 bits per heavy atom. The minimum atomic E-state index is -0.972. The van der Waals surface area contributed by atoms with Crippen molar-refractivity contribution in [1.29, 1.82) is 0 Å². The topological polar surface area (TPSA) is 78.9 Å². The number of aryl methyl sites for hydroxylation is 1. The Labute approximate surface area is 90.1 Å². The molecule has 1 aromatic heterocycles. The summed E-state index contributed by atoms with van der Waals surface area (Å²) in [4.78, 5) is 11.0. The van der Waals surface area contributed by atoms with E-state index in [4.69, 9.17) is 16.7 Å². The van der Waals surface area contributed by atoms with Crippen molar-refractivity contribution in [2.75, 3.05) is 5.88 Å². The molecule has 6 heteroatoms. The molecule has 0 spiro atoms. The Morgan fingerprint density at radius 1 is 1.47 bits per heavy atom. The molecule has 0 unspecified atom stereocenters. The van der Waals surface area contributed by atoms with Crippen LogP contribution in [0.2, 0.25) is 0 Å². The Morgan fingerprint density at radius 3 is 2.93 bits per heavy atom. The number of hydrogen-bond donors (Lipinski definition) is 2. The van der Waals surface area contributed by atoms with Crippen molar-refractivity contribution >= 4 is 28.6 Å². The molecule has 5 nitrogen and oxygen atoms in total. The molecule has 0 saturated carbocycles.